The van der Waals surface area contributed by atoms with Gasteiger partial charge in [0, 0.05) is 10.6 Å². The third-order valence-corrected chi connectivity index (χ3v) is 3.62. The van der Waals surface area contributed by atoms with Crippen molar-refractivity contribution in [2.75, 3.05) is 5.84 Å². The van der Waals surface area contributed by atoms with Crippen LogP contribution in [0, 0.1) is 0 Å². The number of hydrogen-bond donors (Lipinski definition) is 1. The summed E-state index contributed by atoms with van der Waals surface area (Å²) in [5, 5.41) is 16.7. The Labute approximate surface area is 123 Å². The molecular formula is C11H9ClN6OS. The molecule has 0 saturated carbocycles. The van der Waals surface area contributed by atoms with E-state index >= 15 is 0 Å². The van der Waals surface area contributed by atoms with Crippen LogP contribution in [-0.4, -0.2) is 25.1 Å². The van der Waals surface area contributed by atoms with Crippen molar-refractivity contribution >= 4 is 23.4 Å². The second-order valence-corrected chi connectivity index (χ2v) is 5.20. The van der Waals surface area contributed by atoms with Gasteiger partial charge in [-0.25, -0.2) is 4.68 Å². The average molecular weight is 309 g/mol. The van der Waals surface area contributed by atoms with E-state index in [9.17, 15) is 0 Å². The highest BCUT2D eigenvalue weighted by Crippen LogP contribution is 2.23. The Bertz CT molecular complexity index is 710. The van der Waals surface area contributed by atoms with E-state index in [0.717, 1.165) is 5.56 Å². The fourth-order valence-corrected chi connectivity index (χ4v) is 2.28. The molecule has 2 aromatic heterocycles. The topological polar surface area (TPSA) is 95.7 Å². The lowest BCUT2D eigenvalue weighted by Gasteiger charge is -1.96. The van der Waals surface area contributed by atoms with Crippen LogP contribution in [0.4, 0.5) is 0 Å². The molecule has 0 bridgehead atoms. The Morgan fingerprint density at radius 3 is 2.70 bits per heavy atom. The largest absolute Gasteiger partial charge is 0.420 e. The van der Waals surface area contributed by atoms with E-state index in [1.165, 1.54) is 22.8 Å². The van der Waals surface area contributed by atoms with E-state index in [1.54, 1.807) is 12.1 Å². The predicted molar refractivity (Wildman–Crippen MR) is 74.5 cm³/mol. The summed E-state index contributed by atoms with van der Waals surface area (Å²) >= 11 is 7.19. The molecule has 3 aromatic rings. The van der Waals surface area contributed by atoms with Gasteiger partial charge in [0.2, 0.25) is 16.9 Å². The summed E-state index contributed by atoms with van der Waals surface area (Å²) in [4.78, 5) is 0. The Kier molecular flexibility index (Phi) is 3.57. The van der Waals surface area contributed by atoms with Gasteiger partial charge in [0.25, 0.3) is 0 Å². The van der Waals surface area contributed by atoms with Gasteiger partial charge in [-0.3, -0.25) is 0 Å². The third-order valence-electron chi connectivity index (χ3n) is 2.42. The highest BCUT2D eigenvalue weighted by molar-refractivity contribution is 7.98. The van der Waals surface area contributed by atoms with Crippen molar-refractivity contribution in [2.45, 2.75) is 10.9 Å². The lowest BCUT2D eigenvalue weighted by atomic mass is 10.2. The molecule has 102 valence electrons. The molecule has 2 N–H and O–H groups in total. The Morgan fingerprint density at radius 2 is 2.00 bits per heavy atom. The molecule has 2 heterocycles. The Balaban J connectivity index is 1.71. The number of aromatic nitrogens is 5. The monoisotopic (exact) mass is 308 g/mol. The van der Waals surface area contributed by atoms with E-state index in [2.05, 4.69) is 20.4 Å². The van der Waals surface area contributed by atoms with Crippen molar-refractivity contribution in [3.05, 3.63) is 41.5 Å². The number of nitrogens with zero attached hydrogens (tertiary/aromatic N) is 5. The van der Waals surface area contributed by atoms with E-state index in [1.807, 2.05) is 12.1 Å². The molecule has 0 fully saturated rings. The number of thioether (sulfide) groups is 1. The maximum Gasteiger partial charge on any atom is 0.247 e. The second kappa shape index (κ2) is 5.51. The molecule has 9 heteroatoms. The summed E-state index contributed by atoms with van der Waals surface area (Å²) in [5.41, 5.74) is 0.820. The summed E-state index contributed by atoms with van der Waals surface area (Å²) in [7, 11) is 0. The van der Waals surface area contributed by atoms with Crippen LogP contribution in [0.1, 0.15) is 5.89 Å². The number of nitrogen functional groups attached to an aromatic ring is 1. The third kappa shape index (κ3) is 2.75. The van der Waals surface area contributed by atoms with E-state index < -0.39 is 0 Å². The standard InChI is InChI=1S/C11H9ClN6OS/c12-8-3-1-7(2-4-8)10-16-15-9(19-10)5-20-11-17-14-6-18(11)13/h1-4,6H,5,13H2. The minimum Gasteiger partial charge on any atom is -0.420 e. The number of hydrogen-bond acceptors (Lipinski definition) is 7. The van der Waals surface area contributed by atoms with Crippen molar-refractivity contribution in [1.29, 1.82) is 0 Å². The Morgan fingerprint density at radius 1 is 1.20 bits per heavy atom. The molecule has 0 aliphatic carbocycles. The molecule has 0 radical (unpaired) electrons. The quantitative estimate of drug-likeness (QED) is 0.581. The summed E-state index contributed by atoms with van der Waals surface area (Å²) in [6.45, 7) is 0. The van der Waals surface area contributed by atoms with Gasteiger partial charge in [0.05, 0.1) is 5.75 Å². The zero-order valence-electron chi connectivity index (χ0n) is 10.1. The summed E-state index contributed by atoms with van der Waals surface area (Å²) < 4.78 is 6.90. The van der Waals surface area contributed by atoms with Gasteiger partial charge in [-0.05, 0) is 24.3 Å². The van der Waals surface area contributed by atoms with Crippen molar-refractivity contribution in [2.24, 2.45) is 0 Å². The van der Waals surface area contributed by atoms with Gasteiger partial charge in [-0.15, -0.1) is 20.4 Å². The van der Waals surface area contributed by atoms with Crippen LogP contribution in [0.3, 0.4) is 0 Å². The van der Waals surface area contributed by atoms with Gasteiger partial charge in [0.15, 0.2) is 0 Å². The smallest absolute Gasteiger partial charge is 0.247 e. The molecule has 0 aliphatic rings. The fourth-order valence-electron chi connectivity index (χ4n) is 1.48. The molecule has 0 aliphatic heterocycles. The fraction of sp³-hybridized carbons (Fsp3) is 0.0909. The molecule has 1 aromatic carbocycles. The summed E-state index contributed by atoms with van der Waals surface area (Å²) in [6.07, 6.45) is 1.43. The number of nitrogens with two attached hydrogens (primary N) is 1. The van der Waals surface area contributed by atoms with Gasteiger partial charge in [-0.2, -0.15) is 0 Å². The molecule has 3 rings (SSSR count). The van der Waals surface area contributed by atoms with Crippen molar-refractivity contribution in [1.82, 2.24) is 25.1 Å². The Hall–Kier alpha value is -2.06. The van der Waals surface area contributed by atoms with Crippen molar-refractivity contribution < 1.29 is 4.42 Å². The lowest BCUT2D eigenvalue weighted by Crippen LogP contribution is -2.07. The van der Waals surface area contributed by atoms with Crippen LogP contribution in [-0.2, 0) is 5.75 Å². The van der Waals surface area contributed by atoms with Gasteiger partial charge >= 0.3 is 0 Å². The van der Waals surface area contributed by atoms with Crippen molar-refractivity contribution in [3.63, 3.8) is 0 Å². The molecular weight excluding hydrogens is 300 g/mol. The molecule has 20 heavy (non-hydrogen) atoms. The highest BCUT2D eigenvalue weighted by atomic mass is 35.5. The van der Waals surface area contributed by atoms with E-state index in [-0.39, 0.29) is 0 Å². The highest BCUT2D eigenvalue weighted by Gasteiger charge is 2.10. The van der Waals surface area contributed by atoms with Gasteiger partial charge < -0.3 is 10.3 Å². The number of halogens is 1. The first-order chi connectivity index (χ1) is 9.72. The van der Waals surface area contributed by atoms with E-state index in [4.69, 9.17) is 21.9 Å². The van der Waals surface area contributed by atoms with Crippen molar-refractivity contribution in [3.8, 4) is 11.5 Å². The SMILES string of the molecule is Nn1cnnc1SCc1nnc(-c2ccc(Cl)cc2)o1. The lowest BCUT2D eigenvalue weighted by molar-refractivity contribution is 0.528. The average Bonchev–Trinajstić information content (AvgIpc) is 3.06. The molecule has 0 saturated heterocycles. The van der Waals surface area contributed by atoms with Gasteiger partial charge in [0.1, 0.15) is 6.33 Å². The first-order valence-corrected chi connectivity index (χ1v) is 6.95. The summed E-state index contributed by atoms with van der Waals surface area (Å²) in [5.74, 6) is 7.01. The number of rotatable bonds is 4. The minimum atomic E-state index is 0.450. The zero-order valence-corrected chi connectivity index (χ0v) is 11.7. The first-order valence-electron chi connectivity index (χ1n) is 5.58. The maximum absolute atomic E-state index is 5.83. The van der Waals surface area contributed by atoms with Crippen LogP contribution >= 0.6 is 23.4 Å². The van der Waals surface area contributed by atoms with Gasteiger partial charge in [-0.1, -0.05) is 23.4 Å². The van der Waals surface area contributed by atoms with Crippen LogP contribution < -0.4 is 5.84 Å². The van der Waals surface area contributed by atoms with Crippen LogP contribution in [0.15, 0.2) is 40.2 Å². The molecule has 7 nitrogen and oxygen atoms in total. The number of benzene rings is 1. The molecule has 0 amide bonds. The first kappa shape index (κ1) is 12.9. The molecule has 0 unspecified atom stereocenters. The van der Waals surface area contributed by atoms with Crippen LogP contribution in [0.2, 0.25) is 5.02 Å². The van der Waals surface area contributed by atoms with Crippen LogP contribution in [0.5, 0.6) is 0 Å². The maximum atomic E-state index is 5.83. The predicted octanol–water partition coefficient (Wildman–Crippen LogP) is 1.99. The molecule has 0 spiro atoms. The van der Waals surface area contributed by atoms with Crippen LogP contribution in [0.25, 0.3) is 11.5 Å². The normalized spacial score (nSPS) is 10.8. The summed E-state index contributed by atoms with van der Waals surface area (Å²) in [6, 6.07) is 7.19. The van der Waals surface area contributed by atoms with E-state index in [0.29, 0.717) is 27.7 Å². The minimum absolute atomic E-state index is 0.450. The molecule has 0 atom stereocenters. The second-order valence-electron chi connectivity index (χ2n) is 3.82. The zero-order chi connectivity index (χ0) is 13.9.